The summed E-state index contributed by atoms with van der Waals surface area (Å²) in [6.07, 6.45) is -3.12. The third-order valence-electron chi connectivity index (χ3n) is 1.86. The molecule has 0 spiro atoms. The number of esters is 1. The fraction of sp³-hybridized carbons (Fsp3) is 0.333. The van der Waals surface area contributed by atoms with Crippen LogP contribution in [0.5, 0.6) is 0 Å². The lowest BCUT2D eigenvalue weighted by Gasteiger charge is -2.06. The van der Waals surface area contributed by atoms with Gasteiger partial charge in [0, 0.05) is 4.47 Å². The molecule has 0 radical (unpaired) electrons. The Morgan fingerprint density at radius 2 is 2.28 bits per heavy atom. The summed E-state index contributed by atoms with van der Waals surface area (Å²) in [6, 6.07) is 0.873. The zero-order chi connectivity index (χ0) is 13.9. The lowest BCUT2D eigenvalue weighted by Crippen LogP contribution is -2.12. The predicted octanol–water partition coefficient (Wildman–Crippen LogP) is 2.87. The van der Waals surface area contributed by atoms with Gasteiger partial charge >= 0.3 is 18.2 Å². The number of halogens is 3. The van der Waals surface area contributed by atoms with Crippen LogP contribution in [-0.4, -0.2) is 22.5 Å². The molecule has 18 heavy (non-hydrogen) atoms. The molecule has 0 fully saturated rings. The van der Waals surface area contributed by atoms with Crippen molar-refractivity contribution in [3.8, 4) is 0 Å². The summed E-state index contributed by atoms with van der Waals surface area (Å²) in [6.45, 7) is 1.50. The van der Waals surface area contributed by atoms with E-state index in [4.69, 9.17) is 0 Å². The van der Waals surface area contributed by atoms with Gasteiger partial charge in [0.25, 0.3) is 0 Å². The number of hydrogen-bond acceptors (Lipinski definition) is 5. The average Bonchev–Trinajstić information content (AvgIpc) is 2.27. The molecule has 1 heterocycles. The van der Waals surface area contributed by atoms with Crippen molar-refractivity contribution in [3.63, 3.8) is 0 Å². The maximum absolute atomic E-state index is 12.7. The largest absolute Gasteiger partial charge is 0.462 e. The smallest absolute Gasteiger partial charge is 0.365 e. The van der Waals surface area contributed by atoms with E-state index in [1.54, 1.807) is 0 Å². The van der Waals surface area contributed by atoms with Crippen LogP contribution in [0, 0.1) is 10.1 Å². The first kappa shape index (κ1) is 14.4. The minimum absolute atomic E-state index is 0.00899. The Hall–Kier alpha value is -1.64. The van der Waals surface area contributed by atoms with Crippen LogP contribution < -0.4 is 0 Å². The SMILES string of the molecule is CCOC(=O)c1c(Br)cc([N+](=O)[O-])nc1C(F)F. The van der Waals surface area contributed by atoms with E-state index in [1.165, 1.54) is 6.92 Å². The van der Waals surface area contributed by atoms with E-state index < -0.39 is 34.4 Å². The molecule has 0 aliphatic rings. The van der Waals surface area contributed by atoms with Gasteiger partial charge in [-0.25, -0.2) is 13.6 Å². The van der Waals surface area contributed by atoms with E-state index in [2.05, 4.69) is 25.7 Å². The van der Waals surface area contributed by atoms with Crippen LogP contribution in [0.3, 0.4) is 0 Å². The van der Waals surface area contributed by atoms with Crippen LogP contribution in [0.25, 0.3) is 0 Å². The molecule has 0 atom stereocenters. The number of aromatic nitrogens is 1. The molecule has 1 aromatic heterocycles. The minimum Gasteiger partial charge on any atom is -0.462 e. The van der Waals surface area contributed by atoms with Crippen LogP contribution in [0.2, 0.25) is 0 Å². The van der Waals surface area contributed by atoms with Crippen LogP contribution in [0.4, 0.5) is 14.6 Å². The zero-order valence-corrected chi connectivity index (χ0v) is 10.6. The average molecular weight is 325 g/mol. The second-order valence-corrected chi connectivity index (χ2v) is 3.86. The number of rotatable bonds is 4. The standard InChI is InChI=1S/C9H7BrF2N2O4/c1-2-18-9(15)6-4(10)3-5(14(16)17)13-7(6)8(11)12/h3,8H,2H2,1H3. The number of alkyl halides is 2. The molecule has 9 heteroatoms. The van der Waals surface area contributed by atoms with E-state index in [0.29, 0.717) is 0 Å². The third kappa shape index (κ3) is 2.97. The zero-order valence-electron chi connectivity index (χ0n) is 9.02. The fourth-order valence-corrected chi connectivity index (χ4v) is 1.75. The van der Waals surface area contributed by atoms with E-state index in [-0.39, 0.29) is 11.1 Å². The first-order valence-corrected chi connectivity index (χ1v) is 5.47. The summed E-state index contributed by atoms with van der Waals surface area (Å²) in [5.74, 6) is -1.78. The number of ether oxygens (including phenoxy) is 1. The lowest BCUT2D eigenvalue weighted by atomic mass is 10.2. The summed E-state index contributed by atoms with van der Waals surface area (Å²) in [7, 11) is 0. The maximum atomic E-state index is 12.7. The van der Waals surface area contributed by atoms with Crippen molar-refractivity contribution >= 4 is 27.7 Å². The van der Waals surface area contributed by atoms with Gasteiger partial charge in [0.05, 0.1) is 12.7 Å². The molecule has 0 amide bonds. The number of carbonyl (C=O) groups excluding carboxylic acids is 1. The molecule has 0 aromatic carbocycles. The highest BCUT2D eigenvalue weighted by Gasteiger charge is 2.31. The fourth-order valence-electron chi connectivity index (χ4n) is 1.18. The van der Waals surface area contributed by atoms with Gasteiger partial charge in [0.1, 0.15) is 5.56 Å². The number of pyridine rings is 1. The Labute approximate surface area is 108 Å². The van der Waals surface area contributed by atoms with Crippen LogP contribution in [0.15, 0.2) is 10.5 Å². The number of nitro groups is 1. The molecule has 0 saturated heterocycles. The molecule has 0 aliphatic carbocycles. The van der Waals surface area contributed by atoms with E-state index in [1.807, 2.05) is 0 Å². The van der Waals surface area contributed by atoms with Crippen molar-refractivity contribution in [2.24, 2.45) is 0 Å². The summed E-state index contributed by atoms with van der Waals surface area (Å²) in [5.41, 5.74) is -1.48. The summed E-state index contributed by atoms with van der Waals surface area (Å²) in [5, 5.41) is 10.5. The van der Waals surface area contributed by atoms with E-state index >= 15 is 0 Å². The molecule has 1 rings (SSSR count). The summed E-state index contributed by atoms with van der Waals surface area (Å²) < 4.78 is 29.9. The Kier molecular flexibility index (Phi) is 4.65. The Morgan fingerprint density at radius 1 is 1.67 bits per heavy atom. The van der Waals surface area contributed by atoms with Gasteiger partial charge in [0.2, 0.25) is 5.69 Å². The van der Waals surface area contributed by atoms with Crippen LogP contribution >= 0.6 is 15.9 Å². The highest BCUT2D eigenvalue weighted by atomic mass is 79.9. The summed E-state index contributed by atoms with van der Waals surface area (Å²) >= 11 is 2.83. The second kappa shape index (κ2) is 5.80. The normalized spacial score (nSPS) is 10.5. The molecular weight excluding hydrogens is 318 g/mol. The van der Waals surface area contributed by atoms with Gasteiger partial charge in [0.15, 0.2) is 0 Å². The Balaban J connectivity index is 3.41. The summed E-state index contributed by atoms with van der Waals surface area (Å²) in [4.78, 5) is 24.2. The molecule has 0 N–H and O–H groups in total. The van der Waals surface area contributed by atoms with Crippen molar-refractivity contribution in [2.75, 3.05) is 6.61 Å². The second-order valence-electron chi connectivity index (χ2n) is 3.00. The Morgan fingerprint density at radius 3 is 2.72 bits per heavy atom. The predicted molar refractivity (Wildman–Crippen MR) is 59.5 cm³/mol. The molecule has 0 saturated carbocycles. The van der Waals surface area contributed by atoms with Gasteiger partial charge in [-0.15, -0.1) is 0 Å². The highest BCUT2D eigenvalue weighted by molar-refractivity contribution is 9.10. The molecule has 98 valence electrons. The molecule has 0 bridgehead atoms. The highest BCUT2D eigenvalue weighted by Crippen LogP contribution is 2.30. The number of nitrogens with zero attached hydrogens (tertiary/aromatic N) is 2. The van der Waals surface area contributed by atoms with Gasteiger partial charge in [-0.05, 0) is 32.8 Å². The van der Waals surface area contributed by atoms with Gasteiger partial charge in [-0.2, -0.15) is 0 Å². The number of hydrogen-bond donors (Lipinski definition) is 0. The maximum Gasteiger partial charge on any atom is 0.365 e. The van der Waals surface area contributed by atoms with Crippen LogP contribution in [0.1, 0.15) is 29.4 Å². The van der Waals surface area contributed by atoms with Gasteiger partial charge in [-0.1, -0.05) is 0 Å². The van der Waals surface area contributed by atoms with Crippen molar-refractivity contribution in [2.45, 2.75) is 13.3 Å². The topological polar surface area (TPSA) is 82.3 Å². The molecule has 0 unspecified atom stereocenters. The lowest BCUT2D eigenvalue weighted by molar-refractivity contribution is -0.389. The monoisotopic (exact) mass is 324 g/mol. The van der Waals surface area contributed by atoms with Crippen molar-refractivity contribution in [1.82, 2.24) is 4.98 Å². The molecule has 1 aromatic rings. The number of carbonyl (C=O) groups is 1. The van der Waals surface area contributed by atoms with Crippen molar-refractivity contribution < 1.29 is 23.2 Å². The van der Waals surface area contributed by atoms with E-state index in [0.717, 1.165) is 6.07 Å². The first-order valence-electron chi connectivity index (χ1n) is 4.68. The van der Waals surface area contributed by atoms with Gasteiger partial charge in [-0.3, -0.25) is 0 Å². The molecule has 6 nitrogen and oxygen atoms in total. The Bertz CT molecular complexity index is 496. The first-order chi connectivity index (χ1) is 8.38. The van der Waals surface area contributed by atoms with Crippen LogP contribution in [-0.2, 0) is 4.74 Å². The van der Waals surface area contributed by atoms with Crippen molar-refractivity contribution in [1.29, 1.82) is 0 Å². The minimum atomic E-state index is -3.12. The third-order valence-corrected chi connectivity index (χ3v) is 2.48. The van der Waals surface area contributed by atoms with Gasteiger partial charge < -0.3 is 14.9 Å². The van der Waals surface area contributed by atoms with Crippen molar-refractivity contribution in [3.05, 3.63) is 31.9 Å². The van der Waals surface area contributed by atoms with E-state index in [9.17, 15) is 23.7 Å². The quantitative estimate of drug-likeness (QED) is 0.483. The molecule has 0 aliphatic heterocycles. The molecular formula is C9H7BrF2N2O4.